The number of benzene rings is 4. The van der Waals surface area contributed by atoms with E-state index < -0.39 is 0 Å². The summed E-state index contributed by atoms with van der Waals surface area (Å²) in [5, 5.41) is 7.82. The largest absolute Gasteiger partial charge is 0.494 e. The molecule has 31 heavy (non-hydrogen) atoms. The standard InChI is InChI=1S/C26H22N2O3/c1-2-31-24-15-13-23(14-16-24)27-25(29)19-9-11-22(12-10-19)28-26(30)21-8-7-18-5-3-4-6-20(18)17-21/h3-17H,2H2,1H3,(H,27,29)(H,28,30). The van der Waals surface area contributed by atoms with Crippen molar-refractivity contribution in [3.8, 4) is 5.75 Å². The van der Waals surface area contributed by atoms with Gasteiger partial charge >= 0.3 is 0 Å². The van der Waals surface area contributed by atoms with E-state index in [9.17, 15) is 9.59 Å². The minimum Gasteiger partial charge on any atom is -0.494 e. The Balaban J connectivity index is 1.39. The summed E-state index contributed by atoms with van der Waals surface area (Å²) in [5.41, 5.74) is 2.38. The molecule has 154 valence electrons. The van der Waals surface area contributed by atoms with Crippen LogP contribution in [-0.2, 0) is 0 Å². The van der Waals surface area contributed by atoms with E-state index in [0.29, 0.717) is 29.1 Å². The van der Waals surface area contributed by atoms with Gasteiger partial charge in [0.15, 0.2) is 0 Å². The van der Waals surface area contributed by atoms with Crippen molar-refractivity contribution >= 4 is 34.0 Å². The van der Waals surface area contributed by atoms with Crippen LogP contribution in [0.2, 0.25) is 0 Å². The van der Waals surface area contributed by atoms with E-state index in [1.807, 2.05) is 55.5 Å². The fourth-order valence-corrected chi connectivity index (χ4v) is 3.24. The van der Waals surface area contributed by atoms with Crippen LogP contribution in [0.15, 0.2) is 91.0 Å². The average Bonchev–Trinajstić information content (AvgIpc) is 2.80. The summed E-state index contributed by atoms with van der Waals surface area (Å²) < 4.78 is 5.40. The summed E-state index contributed by atoms with van der Waals surface area (Å²) in [7, 11) is 0. The maximum atomic E-state index is 12.6. The molecule has 0 aromatic heterocycles. The number of anilines is 2. The van der Waals surface area contributed by atoms with Gasteiger partial charge in [0.25, 0.3) is 11.8 Å². The molecular weight excluding hydrogens is 388 g/mol. The van der Waals surface area contributed by atoms with Crippen molar-refractivity contribution in [2.45, 2.75) is 6.92 Å². The molecule has 4 aromatic carbocycles. The van der Waals surface area contributed by atoms with Crippen LogP contribution in [0.1, 0.15) is 27.6 Å². The first-order valence-electron chi connectivity index (χ1n) is 10.1. The number of rotatable bonds is 6. The van der Waals surface area contributed by atoms with E-state index in [1.165, 1.54) is 0 Å². The molecule has 0 atom stereocenters. The zero-order chi connectivity index (χ0) is 21.6. The molecule has 0 bridgehead atoms. The molecule has 0 aliphatic carbocycles. The summed E-state index contributed by atoms with van der Waals surface area (Å²) in [5.74, 6) is 0.334. The van der Waals surface area contributed by atoms with Gasteiger partial charge in [0.05, 0.1) is 6.61 Å². The number of fused-ring (bicyclic) bond motifs is 1. The monoisotopic (exact) mass is 410 g/mol. The molecule has 0 unspecified atom stereocenters. The van der Waals surface area contributed by atoms with Crippen LogP contribution in [0, 0.1) is 0 Å². The predicted octanol–water partition coefficient (Wildman–Crippen LogP) is 5.74. The Morgan fingerprint density at radius 2 is 1.23 bits per heavy atom. The molecule has 0 saturated carbocycles. The lowest BCUT2D eigenvalue weighted by Gasteiger charge is -2.09. The van der Waals surface area contributed by atoms with Crippen LogP contribution in [0.3, 0.4) is 0 Å². The number of amides is 2. The molecule has 5 heteroatoms. The Bertz CT molecular complexity index is 1220. The van der Waals surface area contributed by atoms with Crippen LogP contribution in [0.25, 0.3) is 10.8 Å². The highest BCUT2D eigenvalue weighted by Gasteiger charge is 2.09. The minimum absolute atomic E-state index is 0.197. The average molecular weight is 410 g/mol. The Hall–Kier alpha value is -4.12. The van der Waals surface area contributed by atoms with Crippen molar-refractivity contribution < 1.29 is 14.3 Å². The van der Waals surface area contributed by atoms with Crippen LogP contribution >= 0.6 is 0 Å². The third-order valence-electron chi connectivity index (χ3n) is 4.84. The number of ether oxygens (including phenoxy) is 1. The fraction of sp³-hybridized carbons (Fsp3) is 0.0769. The number of carbonyl (C=O) groups excluding carboxylic acids is 2. The van der Waals surface area contributed by atoms with Gasteiger partial charge in [-0.1, -0.05) is 30.3 Å². The lowest BCUT2D eigenvalue weighted by atomic mass is 10.1. The van der Waals surface area contributed by atoms with Gasteiger partial charge in [0, 0.05) is 22.5 Å². The lowest BCUT2D eigenvalue weighted by molar-refractivity contribution is 0.102. The van der Waals surface area contributed by atoms with Gasteiger partial charge in [-0.25, -0.2) is 0 Å². The second-order valence-electron chi connectivity index (χ2n) is 7.00. The van der Waals surface area contributed by atoms with Crippen molar-refractivity contribution in [3.05, 3.63) is 102 Å². The fourth-order valence-electron chi connectivity index (χ4n) is 3.24. The molecule has 2 N–H and O–H groups in total. The van der Waals surface area contributed by atoms with Crippen molar-refractivity contribution in [2.75, 3.05) is 17.2 Å². The summed E-state index contributed by atoms with van der Waals surface area (Å²) in [6.07, 6.45) is 0. The normalized spacial score (nSPS) is 10.5. The second-order valence-corrected chi connectivity index (χ2v) is 7.00. The molecular formula is C26H22N2O3. The van der Waals surface area contributed by atoms with Gasteiger partial charge in [0.2, 0.25) is 0 Å². The molecule has 0 aliphatic rings. The second kappa shape index (κ2) is 9.13. The summed E-state index contributed by atoms with van der Waals surface area (Å²) in [6.45, 7) is 2.51. The van der Waals surface area contributed by atoms with Crippen LogP contribution in [0.5, 0.6) is 5.75 Å². The van der Waals surface area contributed by atoms with E-state index in [4.69, 9.17) is 4.74 Å². The molecule has 0 spiro atoms. The first-order valence-corrected chi connectivity index (χ1v) is 10.1. The summed E-state index contributed by atoms with van der Waals surface area (Å²) in [4.78, 5) is 25.1. The highest BCUT2D eigenvalue weighted by atomic mass is 16.5. The van der Waals surface area contributed by atoms with Gasteiger partial charge < -0.3 is 15.4 Å². The zero-order valence-corrected chi connectivity index (χ0v) is 17.1. The summed E-state index contributed by atoms with van der Waals surface area (Å²) >= 11 is 0. The first-order chi connectivity index (χ1) is 15.1. The van der Waals surface area contributed by atoms with Gasteiger partial charge in [0.1, 0.15) is 5.75 Å². The SMILES string of the molecule is CCOc1ccc(NC(=O)c2ccc(NC(=O)c3ccc4ccccc4c3)cc2)cc1. The van der Waals surface area contributed by atoms with Gasteiger partial charge in [-0.3, -0.25) is 9.59 Å². The van der Waals surface area contributed by atoms with Crippen molar-refractivity contribution in [1.29, 1.82) is 0 Å². The predicted molar refractivity (Wildman–Crippen MR) is 124 cm³/mol. The molecule has 4 aromatic rings. The Morgan fingerprint density at radius 3 is 1.87 bits per heavy atom. The van der Waals surface area contributed by atoms with Crippen molar-refractivity contribution in [1.82, 2.24) is 0 Å². The Morgan fingerprint density at radius 1 is 0.677 bits per heavy atom. The first kappa shape index (κ1) is 20.2. The van der Waals surface area contributed by atoms with E-state index in [0.717, 1.165) is 16.5 Å². The van der Waals surface area contributed by atoms with E-state index in [-0.39, 0.29) is 11.8 Å². The third-order valence-corrected chi connectivity index (χ3v) is 4.84. The smallest absolute Gasteiger partial charge is 0.255 e. The topological polar surface area (TPSA) is 67.4 Å². The van der Waals surface area contributed by atoms with E-state index in [2.05, 4.69) is 10.6 Å². The minimum atomic E-state index is -0.225. The maximum absolute atomic E-state index is 12.6. The molecule has 0 saturated heterocycles. The molecule has 5 nitrogen and oxygen atoms in total. The number of nitrogens with one attached hydrogen (secondary N) is 2. The molecule has 2 amide bonds. The molecule has 4 rings (SSSR count). The van der Waals surface area contributed by atoms with Crippen molar-refractivity contribution in [3.63, 3.8) is 0 Å². The van der Waals surface area contributed by atoms with Crippen molar-refractivity contribution in [2.24, 2.45) is 0 Å². The quantitative estimate of drug-likeness (QED) is 0.426. The number of hydrogen-bond acceptors (Lipinski definition) is 3. The van der Waals surface area contributed by atoms with E-state index >= 15 is 0 Å². The maximum Gasteiger partial charge on any atom is 0.255 e. The lowest BCUT2D eigenvalue weighted by Crippen LogP contribution is -2.13. The van der Waals surface area contributed by atoms with Crippen LogP contribution in [0.4, 0.5) is 11.4 Å². The molecule has 0 aliphatic heterocycles. The Kier molecular flexibility index (Phi) is 5.94. The highest BCUT2D eigenvalue weighted by Crippen LogP contribution is 2.19. The van der Waals surface area contributed by atoms with Gasteiger partial charge in [-0.05, 0) is 78.4 Å². The molecule has 0 fully saturated rings. The third kappa shape index (κ3) is 4.90. The van der Waals surface area contributed by atoms with Gasteiger partial charge in [-0.15, -0.1) is 0 Å². The number of carbonyl (C=O) groups is 2. The molecule has 0 heterocycles. The number of hydrogen-bond donors (Lipinski definition) is 2. The molecule has 0 radical (unpaired) electrons. The van der Waals surface area contributed by atoms with Gasteiger partial charge in [-0.2, -0.15) is 0 Å². The highest BCUT2D eigenvalue weighted by molar-refractivity contribution is 6.07. The Labute approximate surface area is 180 Å². The van der Waals surface area contributed by atoms with Crippen LogP contribution in [-0.4, -0.2) is 18.4 Å². The van der Waals surface area contributed by atoms with E-state index in [1.54, 1.807) is 42.5 Å². The van der Waals surface area contributed by atoms with Crippen LogP contribution < -0.4 is 15.4 Å². The zero-order valence-electron chi connectivity index (χ0n) is 17.1. The summed E-state index contributed by atoms with van der Waals surface area (Å²) in [6, 6.07) is 27.5.